The number of aromatic nitrogens is 1. The molecule has 2 amide bonds. The number of benzene rings is 1. The highest BCUT2D eigenvalue weighted by Gasteiger charge is 2.40. The van der Waals surface area contributed by atoms with Gasteiger partial charge in [-0.15, -0.1) is 0 Å². The van der Waals surface area contributed by atoms with E-state index in [4.69, 9.17) is 0 Å². The zero-order valence-electron chi connectivity index (χ0n) is 14.2. The second-order valence-corrected chi connectivity index (χ2v) is 7.35. The number of rotatable bonds is 3. The van der Waals surface area contributed by atoms with Crippen molar-refractivity contribution in [2.75, 3.05) is 13.1 Å². The van der Waals surface area contributed by atoms with Crippen molar-refractivity contribution in [3.63, 3.8) is 0 Å². The van der Waals surface area contributed by atoms with E-state index in [1.807, 2.05) is 24.3 Å². The van der Waals surface area contributed by atoms with Crippen LogP contribution >= 0.6 is 15.9 Å². The van der Waals surface area contributed by atoms with Crippen LogP contribution in [0.4, 0.5) is 0 Å². The average Bonchev–Trinajstić information content (AvgIpc) is 3.00. The van der Waals surface area contributed by atoms with Crippen molar-refractivity contribution < 1.29 is 14.4 Å². The maximum Gasteiger partial charge on any atom is 0.270 e. The van der Waals surface area contributed by atoms with Crippen molar-refractivity contribution in [2.45, 2.75) is 32.2 Å². The largest absolute Gasteiger partial charge is 0.350 e. The third-order valence-electron chi connectivity index (χ3n) is 4.83. The number of nitrogens with zero attached hydrogens (tertiary/aromatic N) is 1. The standard InChI is InChI=1S/C18H20BrN3O3/c1-11(23)18(21-12(2)24)6-8-22(9-7-18)17(25)16-10-13-14(19)4-3-5-15(13)20-16/h3-5,10,20H,6-9H2,1-2H3,(H,21,24). The number of likely N-dealkylation sites (tertiary alicyclic amines) is 1. The number of fused-ring (bicyclic) bond motifs is 1. The highest BCUT2D eigenvalue weighted by molar-refractivity contribution is 9.10. The molecule has 2 aromatic rings. The molecule has 1 aliphatic heterocycles. The Hall–Kier alpha value is -2.15. The van der Waals surface area contributed by atoms with E-state index in [0.717, 1.165) is 15.4 Å². The van der Waals surface area contributed by atoms with Crippen molar-refractivity contribution in [2.24, 2.45) is 0 Å². The Morgan fingerprint density at radius 3 is 2.44 bits per heavy atom. The van der Waals surface area contributed by atoms with Crippen LogP contribution in [0.2, 0.25) is 0 Å². The van der Waals surface area contributed by atoms with Crippen LogP contribution in [0.1, 0.15) is 37.2 Å². The average molecular weight is 406 g/mol. The first-order chi connectivity index (χ1) is 11.8. The summed E-state index contributed by atoms with van der Waals surface area (Å²) in [6.07, 6.45) is 0.856. The van der Waals surface area contributed by atoms with Gasteiger partial charge in [0.2, 0.25) is 5.91 Å². The van der Waals surface area contributed by atoms with Crippen molar-refractivity contribution in [3.05, 3.63) is 34.4 Å². The number of ketones is 1. The Morgan fingerprint density at radius 2 is 1.88 bits per heavy atom. The molecule has 132 valence electrons. The minimum atomic E-state index is -0.855. The van der Waals surface area contributed by atoms with Crippen LogP contribution < -0.4 is 5.32 Å². The molecule has 0 radical (unpaired) electrons. The number of aromatic amines is 1. The minimum Gasteiger partial charge on any atom is -0.350 e. The number of carbonyl (C=O) groups is 3. The normalized spacial score (nSPS) is 16.7. The number of H-pyrrole nitrogens is 1. The van der Waals surface area contributed by atoms with Gasteiger partial charge in [-0.2, -0.15) is 0 Å². The van der Waals surface area contributed by atoms with Crippen LogP contribution in [0.5, 0.6) is 0 Å². The first-order valence-corrected chi connectivity index (χ1v) is 8.98. The monoisotopic (exact) mass is 405 g/mol. The molecular formula is C18H20BrN3O3. The Morgan fingerprint density at radius 1 is 1.20 bits per heavy atom. The lowest BCUT2D eigenvalue weighted by Crippen LogP contribution is -2.59. The third-order valence-corrected chi connectivity index (χ3v) is 5.53. The summed E-state index contributed by atoms with van der Waals surface area (Å²) in [5.41, 5.74) is 0.564. The summed E-state index contributed by atoms with van der Waals surface area (Å²) in [6, 6.07) is 7.60. The lowest BCUT2D eigenvalue weighted by molar-refractivity contribution is -0.131. The Balaban J connectivity index is 1.77. The molecule has 7 heteroatoms. The number of halogens is 1. The van der Waals surface area contributed by atoms with E-state index >= 15 is 0 Å². The smallest absolute Gasteiger partial charge is 0.270 e. The molecule has 0 aliphatic carbocycles. The predicted octanol–water partition coefficient (Wildman–Crippen LogP) is 2.63. The van der Waals surface area contributed by atoms with E-state index in [2.05, 4.69) is 26.2 Å². The van der Waals surface area contributed by atoms with Crippen molar-refractivity contribution in [3.8, 4) is 0 Å². The molecule has 0 atom stereocenters. The third kappa shape index (κ3) is 3.33. The van der Waals surface area contributed by atoms with Gasteiger partial charge in [0.15, 0.2) is 5.78 Å². The summed E-state index contributed by atoms with van der Waals surface area (Å²) in [6.45, 7) is 3.75. The van der Waals surface area contributed by atoms with E-state index in [1.165, 1.54) is 13.8 Å². The molecule has 0 unspecified atom stereocenters. The number of hydrogen-bond donors (Lipinski definition) is 2. The van der Waals surface area contributed by atoms with Crippen LogP contribution in [0.25, 0.3) is 10.9 Å². The highest BCUT2D eigenvalue weighted by Crippen LogP contribution is 2.27. The van der Waals surface area contributed by atoms with E-state index in [0.29, 0.717) is 31.6 Å². The van der Waals surface area contributed by atoms with Crippen molar-refractivity contribution in [1.82, 2.24) is 15.2 Å². The van der Waals surface area contributed by atoms with Gasteiger partial charge in [0.25, 0.3) is 5.91 Å². The van der Waals surface area contributed by atoms with Gasteiger partial charge in [-0.1, -0.05) is 22.0 Å². The van der Waals surface area contributed by atoms with Gasteiger partial charge >= 0.3 is 0 Å². The zero-order chi connectivity index (χ0) is 18.2. The zero-order valence-corrected chi connectivity index (χ0v) is 15.8. The van der Waals surface area contributed by atoms with E-state index in [9.17, 15) is 14.4 Å². The Labute approximate surface area is 154 Å². The number of piperidine rings is 1. The minimum absolute atomic E-state index is 0.0654. The molecule has 25 heavy (non-hydrogen) atoms. The first kappa shape index (κ1) is 17.7. The molecule has 1 aliphatic rings. The Kier molecular flexibility index (Phi) is 4.69. The molecule has 6 nitrogen and oxygen atoms in total. The van der Waals surface area contributed by atoms with E-state index in [1.54, 1.807) is 4.90 Å². The SMILES string of the molecule is CC(=O)NC1(C(C)=O)CCN(C(=O)c2cc3c(Br)cccc3[nH]2)CC1. The summed E-state index contributed by atoms with van der Waals surface area (Å²) in [5.74, 6) is -0.386. The summed E-state index contributed by atoms with van der Waals surface area (Å²) in [7, 11) is 0. The van der Waals surface area contributed by atoms with Crippen LogP contribution in [-0.4, -0.2) is 46.1 Å². The summed E-state index contributed by atoms with van der Waals surface area (Å²) in [5, 5.41) is 3.74. The number of nitrogens with one attached hydrogen (secondary N) is 2. The molecule has 3 rings (SSSR count). The molecule has 2 N–H and O–H groups in total. The van der Waals surface area contributed by atoms with Crippen molar-refractivity contribution in [1.29, 1.82) is 0 Å². The van der Waals surface area contributed by atoms with Gasteiger partial charge in [0, 0.05) is 35.4 Å². The number of Topliss-reactive ketones (excluding diaryl/α,β-unsaturated/α-hetero) is 1. The van der Waals surface area contributed by atoms with Crippen LogP contribution in [0, 0.1) is 0 Å². The van der Waals surface area contributed by atoms with Crippen LogP contribution in [0.3, 0.4) is 0 Å². The fourth-order valence-electron chi connectivity index (χ4n) is 3.40. The lowest BCUT2D eigenvalue weighted by atomic mass is 9.83. The fraction of sp³-hybridized carbons (Fsp3) is 0.389. The number of amides is 2. The number of hydrogen-bond acceptors (Lipinski definition) is 3. The molecule has 0 bridgehead atoms. The van der Waals surface area contributed by atoms with Gasteiger partial charge < -0.3 is 15.2 Å². The number of carbonyl (C=O) groups excluding carboxylic acids is 3. The van der Waals surface area contributed by atoms with E-state index < -0.39 is 5.54 Å². The summed E-state index contributed by atoms with van der Waals surface area (Å²) in [4.78, 5) is 41.1. The maximum atomic E-state index is 12.8. The molecule has 2 heterocycles. The lowest BCUT2D eigenvalue weighted by Gasteiger charge is -2.40. The summed E-state index contributed by atoms with van der Waals surface area (Å²) < 4.78 is 0.931. The first-order valence-electron chi connectivity index (χ1n) is 8.19. The van der Waals surface area contributed by atoms with Crippen LogP contribution in [-0.2, 0) is 9.59 Å². The van der Waals surface area contributed by atoms with Gasteiger partial charge in [-0.3, -0.25) is 14.4 Å². The van der Waals surface area contributed by atoms with Gasteiger partial charge in [-0.05, 0) is 38.0 Å². The van der Waals surface area contributed by atoms with Gasteiger partial charge in [0.05, 0.1) is 0 Å². The fourth-order valence-corrected chi connectivity index (χ4v) is 3.88. The Bertz CT molecular complexity index is 850. The van der Waals surface area contributed by atoms with Crippen LogP contribution in [0.15, 0.2) is 28.7 Å². The second kappa shape index (κ2) is 6.63. The maximum absolute atomic E-state index is 12.8. The quantitative estimate of drug-likeness (QED) is 0.822. The molecule has 0 spiro atoms. The molecule has 1 aromatic heterocycles. The van der Waals surface area contributed by atoms with Gasteiger partial charge in [-0.25, -0.2) is 0 Å². The molecule has 0 saturated carbocycles. The topological polar surface area (TPSA) is 82.3 Å². The molecule has 1 fully saturated rings. The predicted molar refractivity (Wildman–Crippen MR) is 98.4 cm³/mol. The molecule has 1 saturated heterocycles. The van der Waals surface area contributed by atoms with E-state index in [-0.39, 0.29) is 17.6 Å². The molecule has 1 aromatic carbocycles. The highest BCUT2D eigenvalue weighted by atomic mass is 79.9. The molecular weight excluding hydrogens is 386 g/mol. The van der Waals surface area contributed by atoms with Crippen molar-refractivity contribution >= 4 is 44.4 Å². The second-order valence-electron chi connectivity index (χ2n) is 6.50. The summed E-state index contributed by atoms with van der Waals surface area (Å²) >= 11 is 3.49. The van der Waals surface area contributed by atoms with Gasteiger partial charge in [0.1, 0.15) is 11.2 Å².